The molecule has 0 N–H and O–H groups in total. The van der Waals surface area contributed by atoms with Crippen molar-refractivity contribution in [3.63, 3.8) is 0 Å². The fraction of sp³-hybridized carbons (Fsp3) is 0.286. The van der Waals surface area contributed by atoms with Crippen molar-refractivity contribution in [1.29, 1.82) is 0 Å². The first-order valence-electron chi connectivity index (χ1n) is 5.40. The van der Waals surface area contributed by atoms with E-state index in [2.05, 4.69) is 48.5 Å². The Morgan fingerprint density at radius 1 is 0.812 bits per heavy atom. The van der Waals surface area contributed by atoms with E-state index >= 15 is 0 Å². The molecule has 2 aromatic rings. The van der Waals surface area contributed by atoms with Crippen molar-refractivity contribution in [2.45, 2.75) is 13.8 Å². The molecule has 0 amide bonds. The summed E-state index contributed by atoms with van der Waals surface area (Å²) in [6.45, 7) is 5.67. The Morgan fingerprint density at radius 2 is 1.12 bits per heavy atom. The van der Waals surface area contributed by atoms with Crippen LogP contribution in [0.4, 0.5) is 0 Å². The van der Waals surface area contributed by atoms with Crippen molar-refractivity contribution in [3.8, 4) is 0 Å². The molecule has 0 unspecified atom stereocenters. The summed E-state index contributed by atoms with van der Waals surface area (Å²) in [6, 6.07) is 16.7. The molecule has 0 spiro atoms. The maximum atomic E-state index is 4.83. The smallest absolute Gasteiger partial charge is 1.00 e. The predicted octanol–water partition coefficient (Wildman–Crippen LogP) is 0.999. The van der Waals surface area contributed by atoms with Gasteiger partial charge in [-0.2, -0.15) is 0 Å². The third-order valence-electron chi connectivity index (χ3n) is 2.07. The second kappa shape index (κ2) is 9.86. The third-order valence-corrected chi connectivity index (χ3v) is 2.07. The molecule has 2 rings (SSSR count). The summed E-state index contributed by atoms with van der Waals surface area (Å²) < 4.78 is 4.83. The van der Waals surface area contributed by atoms with E-state index in [9.17, 15) is 0 Å². The molecule has 0 aliphatic heterocycles. The molecule has 0 saturated heterocycles. The van der Waals surface area contributed by atoms with Gasteiger partial charge in [0.25, 0.3) is 0 Å². The Bertz CT molecular complexity index is 325. The normalized spacial score (nSPS) is 8.88. The van der Waals surface area contributed by atoms with Gasteiger partial charge in [-0.15, -0.1) is 0 Å². The molecule has 0 aliphatic rings. The summed E-state index contributed by atoms with van der Waals surface area (Å²) in [6.07, 6.45) is 0. The van der Waals surface area contributed by atoms with Gasteiger partial charge < -0.3 is 6.16 Å². The van der Waals surface area contributed by atoms with Crippen molar-refractivity contribution in [2.75, 3.05) is 13.2 Å². The van der Waals surface area contributed by atoms with E-state index in [1.807, 2.05) is 13.8 Å². The molecule has 0 fully saturated rings. The standard InChI is InChI=1S/C10H8.C4H10O.Na.H/c1-2-6-10-8-4-3-7-9(10)5-1;1-3-5-4-2;;/h1-8H;3-4H2,1-2H3;;/q;;+1;-1. The molecule has 0 aliphatic carbocycles. The van der Waals surface area contributed by atoms with E-state index in [-0.39, 0.29) is 31.0 Å². The van der Waals surface area contributed by atoms with Crippen LogP contribution in [0.5, 0.6) is 0 Å². The number of rotatable bonds is 2. The molecule has 0 heterocycles. The van der Waals surface area contributed by atoms with Crippen LogP contribution in [0, 0.1) is 0 Å². The number of benzene rings is 2. The topological polar surface area (TPSA) is 9.23 Å². The molecular weight excluding hydrogens is 207 g/mol. The first-order valence-corrected chi connectivity index (χ1v) is 5.40. The molecule has 0 saturated carbocycles. The molecule has 0 bridgehead atoms. The van der Waals surface area contributed by atoms with E-state index < -0.39 is 0 Å². The van der Waals surface area contributed by atoms with E-state index in [0.29, 0.717) is 0 Å². The minimum atomic E-state index is 0. The van der Waals surface area contributed by atoms with Gasteiger partial charge in [0.2, 0.25) is 0 Å². The van der Waals surface area contributed by atoms with Crippen LogP contribution >= 0.6 is 0 Å². The number of hydrogen-bond donors (Lipinski definition) is 0. The summed E-state index contributed by atoms with van der Waals surface area (Å²) >= 11 is 0. The maximum Gasteiger partial charge on any atom is 1.00 e. The molecule has 2 heteroatoms. The Balaban J connectivity index is 0. The van der Waals surface area contributed by atoms with Crippen molar-refractivity contribution < 1.29 is 35.7 Å². The zero-order chi connectivity index (χ0) is 10.9. The SMILES string of the molecule is CCOCC.[H-].[Na+].c1ccc2ccccc2c1. The first-order chi connectivity index (χ1) is 7.38. The van der Waals surface area contributed by atoms with Gasteiger partial charge in [-0.3, -0.25) is 0 Å². The van der Waals surface area contributed by atoms with Crippen molar-refractivity contribution in [2.24, 2.45) is 0 Å². The second-order valence-corrected chi connectivity index (χ2v) is 3.13. The third kappa shape index (κ3) is 5.66. The van der Waals surface area contributed by atoms with Crippen LogP contribution < -0.4 is 29.6 Å². The fourth-order valence-corrected chi connectivity index (χ4v) is 1.34. The van der Waals surface area contributed by atoms with Crippen molar-refractivity contribution >= 4 is 10.8 Å². The van der Waals surface area contributed by atoms with Gasteiger partial charge in [-0.05, 0) is 24.6 Å². The summed E-state index contributed by atoms with van der Waals surface area (Å²) in [5, 5.41) is 2.62. The van der Waals surface area contributed by atoms with Gasteiger partial charge in [0.05, 0.1) is 0 Å². The van der Waals surface area contributed by atoms with E-state index in [4.69, 9.17) is 4.74 Å². The van der Waals surface area contributed by atoms with Gasteiger partial charge in [0.1, 0.15) is 0 Å². The Labute approximate surface area is 122 Å². The fourth-order valence-electron chi connectivity index (χ4n) is 1.34. The Kier molecular flexibility index (Phi) is 9.65. The largest absolute Gasteiger partial charge is 1.00 e. The van der Waals surface area contributed by atoms with Crippen LogP contribution in [0.15, 0.2) is 48.5 Å². The quantitative estimate of drug-likeness (QED) is 0.694. The molecule has 0 radical (unpaired) electrons. The van der Waals surface area contributed by atoms with Gasteiger partial charge in [-0.25, -0.2) is 0 Å². The Morgan fingerprint density at radius 3 is 1.31 bits per heavy atom. The predicted molar refractivity (Wildman–Crippen MR) is 67.2 cm³/mol. The number of ether oxygens (including phenoxy) is 1. The molecule has 16 heavy (non-hydrogen) atoms. The summed E-state index contributed by atoms with van der Waals surface area (Å²) in [7, 11) is 0. The van der Waals surface area contributed by atoms with Crippen LogP contribution in [0.1, 0.15) is 15.3 Å². The number of hydrogen-bond acceptors (Lipinski definition) is 1. The molecule has 2 aromatic carbocycles. The van der Waals surface area contributed by atoms with Gasteiger partial charge in [0, 0.05) is 13.2 Å². The summed E-state index contributed by atoms with van der Waals surface area (Å²) in [5.74, 6) is 0. The zero-order valence-electron chi connectivity index (χ0n) is 11.4. The van der Waals surface area contributed by atoms with Crippen LogP contribution in [0.2, 0.25) is 0 Å². The summed E-state index contributed by atoms with van der Waals surface area (Å²) in [4.78, 5) is 0. The molecule has 82 valence electrons. The van der Waals surface area contributed by atoms with E-state index in [0.717, 1.165) is 13.2 Å². The van der Waals surface area contributed by atoms with Gasteiger partial charge in [0.15, 0.2) is 0 Å². The number of fused-ring (bicyclic) bond motifs is 1. The monoisotopic (exact) mass is 226 g/mol. The van der Waals surface area contributed by atoms with Crippen molar-refractivity contribution in [3.05, 3.63) is 48.5 Å². The summed E-state index contributed by atoms with van der Waals surface area (Å²) in [5.41, 5.74) is 0. The maximum absolute atomic E-state index is 4.83. The van der Waals surface area contributed by atoms with Gasteiger partial charge >= 0.3 is 29.6 Å². The first kappa shape index (κ1) is 15.7. The van der Waals surface area contributed by atoms with Gasteiger partial charge in [-0.1, -0.05) is 48.5 Å². The van der Waals surface area contributed by atoms with Crippen molar-refractivity contribution in [1.82, 2.24) is 0 Å². The zero-order valence-corrected chi connectivity index (χ0v) is 12.4. The van der Waals surface area contributed by atoms with E-state index in [1.165, 1.54) is 10.8 Å². The van der Waals surface area contributed by atoms with Crippen LogP contribution in [0.3, 0.4) is 0 Å². The minimum absolute atomic E-state index is 0. The molecular formula is C14H19NaO. The average Bonchev–Trinajstić information content (AvgIpc) is 2.31. The molecule has 1 nitrogen and oxygen atoms in total. The molecule has 0 atom stereocenters. The molecule has 0 aromatic heterocycles. The minimum Gasteiger partial charge on any atom is -1.00 e. The van der Waals surface area contributed by atoms with Crippen LogP contribution in [0.25, 0.3) is 10.8 Å². The van der Waals surface area contributed by atoms with Crippen LogP contribution in [-0.4, -0.2) is 13.2 Å². The Hall–Kier alpha value is -0.340. The van der Waals surface area contributed by atoms with E-state index in [1.54, 1.807) is 0 Å². The average molecular weight is 226 g/mol. The van der Waals surface area contributed by atoms with Crippen LogP contribution in [-0.2, 0) is 4.74 Å². The second-order valence-electron chi connectivity index (χ2n) is 3.13.